The van der Waals surface area contributed by atoms with Crippen molar-refractivity contribution in [1.29, 1.82) is 0 Å². The van der Waals surface area contributed by atoms with Crippen molar-refractivity contribution < 1.29 is 28.6 Å². The maximum atomic E-state index is 13.4. The van der Waals surface area contributed by atoms with E-state index in [1.807, 2.05) is 54.6 Å². The summed E-state index contributed by atoms with van der Waals surface area (Å²) >= 11 is 0. The summed E-state index contributed by atoms with van der Waals surface area (Å²) in [6.07, 6.45) is -0.479. The lowest BCUT2D eigenvalue weighted by Gasteiger charge is -2.23. The number of ketones is 1. The molecule has 36 heavy (non-hydrogen) atoms. The van der Waals surface area contributed by atoms with Gasteiger partial charge in [0.15, 0.2) is 5.78 Å². The minimum Gasteiger partial charge on any atom is -0.489 e. The molecule has 0 spiro atoms. The topological polar surface area (TPSA) is 90.9 Å². The van der Waals surface area contributed by atoms with E-state index in [9.17, 15) is 14.4 Å². The molecule has 0 aliphatic rings. The van der Waals surface area contributed by atoms with Crippen molar-refractivity contribution in [2.24, 2.45) is 0 Å². The smallest absolute Gasteiger partial charge is 0.408 e. The number of carbonyl (C=O) groups is 3. The quantitative estimate of drug-likeness (QED) is 0.321. The fraction of sp³-hybridized carbons (Fsp3) is 0.276. The van der Waals surface area contributed by atoms with Gasteiger partial charge in [0.05, 0.1) is 18.7 Å². The van der Waals surface area contributed by atoms with Gasteiger partial charge in [0.1, 0.15) is 18.0 Å². The Morgan fingerprint density at radius 1 is 0.833 bits per heavy atom. The number of methoxy groups -OCH3 is 1. The number of hydrogen-bond acceptors (Lipinski definition) is 6. The highest BCUT2D eigenvalue weighted by Crippen LogP contribution is 2.18. The lowest BCUT2D eigenvalue weighted by Crippen LogP contribution is -2.44. The van der Waals surface area contributed by atoms with E-state index in [4.69, 9.17) is 14.2 Å². The van der Waals surface area contributed by atoms with E-state index >= 15 is 0 Å². The molecule has 1 amide bonds. The second kappa shape index (κ2) is 12.0. The zero-order chi connectivity index (χ0) is 26.1. The molecule has 1 N–H and O–H groups in total. The molecule has 0 radical (unpaired) electrons. The van der Waals surface area contributed by atoms with Crippen LogP contribution in [0.1, 0.15) is 52.6 Å². The van der Waals surface area contributed by atoms with Crippen LogP contribution in [0.3, 0.4) is 0 Å². The summed E-state index contributed by atoms with van der Waals surface area (Å²) in [4.78, 5) is 37.8. The molecule has 0 bridgehead atoms. The first-order valence-electron chi connectivity index (χ1n) is 11.6. The predicted octanol–water partition coefficient (Wildman–Crippen LogP) is 5.37. The maximum Gasteiger partial charge on any atom is 0.408 e. The summed E-state index contributed by atoms with van der Waals surface area (Å²) < 4.78 is 16.0. The van der Waals surface area contributed by atoms with E-state index in [1.54, 1.807) is 39.0 Å². The average molecular weight is 490 g/mol. The van der Waals surface area contributed by atoms with Crippen molar-refractivity contribution in [3.8, 4) is 5.75 Å². The zero-order valence-electron chi connectivity index (χ0n) is 20.9. The predicted molar refractivity (Wildman–Crippen MR) is 136 cm³/mol. The highest BCUT2D eigenvalue weighted by Gasteiger charge is 2.26. The normalized spacial score (nSPS) is 11.8. The van der Waals surface area contributed by atoms with Gasteiger partial charge in [-0.05, 0) is 56.2 Å². The number of benzene rings is 3. The van der Waals surface area contributed by atoms with E-state index in [-0.39, 0.29) is 23.3 Å². The van der Waals surface area contributed by atoms with Crippen LogP contribution in [-0.4, -0.2) is 36.6 Å². The molecule has 188 valence electrons. The Morgan fingerprint density at radius 2 is 1.50 bits per heavy atom. The Hall–Kier alpha value is -4.13. The van der Waals surface area contributed by atoms with Gasteiger partial charge in [-0.1, -0.05) is 54.6 Å². The molecule has 0 heterocycles. The molecule has 0 aliphatic heterocycles. The highest BCUT2D eigenvalue weighted by molar-refractivity contribution is 6.03. The summed E-state index contributed by atoms with van der Waals surface area (Å²) in [7, 11) is 1.27. The fourth-order valence-corrected chi connectivity index (χ4v) is 3.48. The van der Waals surface area contributed by atoms with Crippen LogP contribution in [-0.2, 0) is 22.5 Å². The number of esters is 1. The van der Waals surface area contributed by atoms with Crippen LogP contribution in [0.25, 0.3) is 0 Å². The van der Waals surface area contributed by atoms with Crippen molar-refractivity contribution in [3.05, 3.63) is 101 Å². The van der Waals surface area contributed by atoms with Gasteiger partial charge in [-0.25, -0.2) is 9.59 Å². The molecule has 3 rings (SSSR count). The van der Waals surface area contributed by atoms with E-state index in [0.717, 1.165) is 11.1 Å². The third-order valence-electron chi connectivity index (χ3n) is 5.19. The average Bonchev–Trinajstić information content (AvgIpc) is 2.86. The first kappa shape index (κ1) is 26.5. The summed E-state index contributed by atoms with van der Waals surface area (Å²) in [5, 5.41) is 2.69. The molecule has 3 aromatic carbocycles. The summed E-state index contributed by atoms with van der Waals surface area (Å²) in [6.45, 7) is 5.68. The van der Waals surface area contributed by atoms with Crippen molar-refractivity contribution in [3.63, 3.8) is 0 Å². The van der Waals surface area contributed by atoms with Crippen LogP contribution < -0.4 is 10.1 Å². The van der Waals surface area contributed by atoms with Crippen molar-refractivity contribution in [1.82, 2.24) is 5.32 Å². The summed E-state index contributed by atoms with van der Waals surface area (Å²) in [5.74, 6) is -0.209. The Labute approximate surface area is 211 Å². The van der Waals surface area contributed by atoms with Crippen molar-refractivity contribution in [2.75, 3.05) is 7.11 Å². The molecule has 0 aromatic heterocycles. The summed E-state index contributed by atoms with van der Waals surface area (Å²) in [5.41, 5.74) is 1.69. The minimum absolute atomic E-state index is 0.222. The van der Waals surface area contributed by atoms with E-state index < -0.39 is 23.7 Å². The number of nitrogens with one attached hydrogen (secondary N) is 1. The molecule has 7 heteroatoms. The molecule has 0 saturated carbocycles. The molecule has 7 nitrogen and oxygen atoms in total. The molecular formula is C29H31NO6. The highest BCUT2D eigenvalue weighted by atomic mass is 16.6. The van der Waals surface area contributed by atoms with Gasteiger partial charge in [0.25, 0.3) is 0 Å². The Bertz CT molecular complexity index is 1180. The fourth-order valence-electron chi connectivity index (χ4n) is 3.48. The Balaban J connectivity index is 1.76. The van der Waals surface area contributed by atoms with Crippen LogP contribution in [0.5, 0.6) is 5.75 Å². The SMILES string of the molecule is COC(=O)c1cccc(C(=O)C(Cc2ccc(OCc3ccccc3)cc2)NC(=O)OC(C)(C)C)c1. The summed E-state index contributed by atoms with van der Waals surface area (Å²) in [6, 6.07) is 22.5. The van der Waals surface area contributed by atoms with Crippen LogP contribution in [0.15, 0.2) is 78.9 Å². The maximum absolute atomic E-state index is 13.4. The van der Waals surface area contributed by atoms with Gasteiger partial charge >= 0.3 is 12.1 Å². The van der Waals surface area contributed by atoms with Crippen LogP contribution >= 0.6 is 0 Å². The first-order valence-corrected chi connectivity index (χ1v) is 11.6. The number of ether oxygens (including phenoxy) is 3. The van der Waals surface area contributed by atoms with Gasteiger partial charge < -0.3 is 19.5 Å². The van der Waals surface area contributed by atoms with Crippen molar-refractivity contribution in [2.45, 2.75) is 45.4 Å². The third kappa shape index (κ3) is 7.98. The molecule has 0 fully saturated rings. The lowest BCUT2D eigenvalue weighted by atomic mass is 9.96. The Morgan fingerprint density at radius 3 is 2.14 bits per heavy atom. The molecule has 1 atom stereocenters. The first-order chi connectivity index (χ1) is 17.1. The lowest BCUT2D eigenvalue weighted by molar-refractivity contribution is 0.0490. The number of rotatable bonds is 9. The van der Waals surface area contributed by atoms with Gasteiger partial charge in [0, 0.05) is 12.0 Å². The molecule has 1 unspecified atom stereocenters. The van der Waals surface area contributed by atoms with E-state index in [0.29, 0.717) is 12.4 Å². The van der Waals surface area contributed by atoms with Crippen LogP contribution in [0.4, 0.5) is 4.79 Å². The van der Waals surface area contributed by atoms with Gasteiger partial charge in [-0.2, -0.15) is 0 Å². The second-order valence-corrected chi connectivity index (χ2v) is 9.26. The third-order valence-corrected chi connectivity index (χ3v) is 5.19. The zero-order valence-corrected chi connectivity index (χ0v) is 20.9. The second-order valence-electron chi connectivity index (χ2n) is 9.26. The van der Waals surface area contributed by atoms with Gasteiger partial charge in [-0.15, -0.1) is 0 Å². The monoisotopic (exact) mass is 489 g/mol. The molecule has 0 aliphatic carbocycles. The number of carbonyl (C=O) groups excluding carboxylic acids is 3. The molecular weight excluding hydrogens is 458 g/mol. The minimum atomic E-state index is -0.913. The van der Waals surface area contributed by atoms with Crippen LogP contribution in [0.2, 0.25) is 0 Å². The standard InChI is InChI=1S/C29H31NO6/c1-29(2,3)36-28(33)30-25(26(31)22-11-8-12-23(18-22)27(32)34-4)17-20-13-15-24(16-14-20)35-19-21-9-6-5-7-10-21/h5-16,18,25H,17,19H2,1-4H3,(H,30,33). The molecule has 3 aromatic rings. The van der Waals surface area contributed by atoms with E-state index in [1.165, 1.54) is 13.2 Å². The Kier molecular flexibility index (Phi) is 8.84. The van der Waals surface area contributed by atoms with Crippen molar-refractivity contribution >= 4 is 17.8 Å². The molecule has 0 saturated heterocycles. The largest absolute Gasteiger partial charge is 0.489 e. The number of Topliss-reactive ketones (excluding diaryl/α,β-unsaturated/α-hetero) is 1. The van der Waals surface area contributed by atoms with Gasteiger partial charge in [0.2, 0.25) is 0 Å². The van der Waals surface area contributed by atoms with Gasteiger partial charge in [-0.3, -0.25) is 4.79 Å². The van der Waals surface area contributed by atoms with E-state index in [2.05, 4.69) is 5.32 Å². The number of hydrogen-bond donors (Lipinski definition) is 1. The number of amides is 1. The number of alkyl carbamates (subject to hydrolysis) is 1. The van der Waals surface area contributed by atoms with Crippen LogP contribution in [0, 0.1) is 0 Å².